The molecule has 25 heavy (non-hydrogen) atoms. The molecule has 2 atom stereocenters. The quantitative estimate of drug-likeness (QED) is 0.623. The van der Waals surface area contributed by atoms with Gasteiger partial charge in [0.2, 0.25) is 11.8 Å². The van der Waals surface area contributed by atoms with E-state index in [4.69, 9.17) is 0 Å². The average Bonchev–Trinajstić information content (AvgIpc) is 2.51. The van der Waals surface area contributed by atoms with Crippen LogP contribution in [-0.4, -0.2) is 35.0 Å². The number of rotatable bonds is 8. The molecule has 0 aliphatic rings. The van der Waals surface area contributed by atoms with Crippen molar-refractivity contribution < 1.29 is 23.9 Å². The van der Waals surface area contributed by atoms with Gasteiger partial charge in [-0.2, -0.15) is 0 Å². The van der Waals surface area contributed by atoms with Crippen molar-refractivity contribution in [2.75, 3.05) is 0 Å². The Bertz CT molecular complexity index is 669. The van der Waals surface area contributed by atoms with Gasteiger partial charge in [0.1, 0.15) is 17.9 Å². The molecule has 6 nitrogen and oxygen atoms in total. The van der Waals surface area contributed by atoms with Crippen LogP contribution in [0.5, 0.6) is 0 Å². The third-order valence-electron chi connectivity index (χ3n) is 3.45. The van der Waals surface area contributed by atoms with Crippen LogP contribution in [0.15, 0.2) is 35.9 Å². The first-order chi connectivity index (χ1) is 11.7. The fourth-order valence-corrected chi connectivity index (χ4v) is 2.19. The lowest BCUT2D eigenvalue weighted by Crippen LogP contribution is -2.52. The van der Waals surface area contributed by atoms with Crippen molar-refractivity contribution in [2.45, 2.75) is 45.7 Å². The monoisotopic (exact) mass is 350 g/mol. The zero-order valence-electron chi connectivity index (χ0n) is 14.5. The highest BCUT2D eigenvalue weighted by Crippen LogP contribution is 2.10. The first-order valence-corrected chi connectivity index (χ1v) is 7.87. The van der Waals surface area contributed by atoms with Gasteiger partial charge in [0.05, 0.1) is 0 Å². The van der Waals surface area contributed by atoms with E-state index in [1.807, 2.05) is 13.8 Å². The largest absolute Gasteiger partial charge is 0.480 e. The Morgan fingerprint density at radius 2 is 1.76 bits per heavy atom. The van der Waals surface area contributed by atoms with Gasteiger partial charge in [0.25, 0.3) is 0 Å². The molecule has 0 aliphatic carbocycles. The molecule has 0 aliphatic heterocycles. The molecule has 0 unspecified atom stereocenters. The zero-order valence-corrected chi connectivity index (χ0v) is 14.5. The minimum atomic E-state index is -1.18. The Labute approximate surface area is 146 Å². The molecule has 1 rings (SSSR count). The first-order valence-electron chi connectivity index (χ1n) is 7.87. The van der Waals surface area contributed by atoms with E-state index in [2.05, 4.69) is 10.6 Å². The lowest BCUT2D eigenvalue weighted by molar-refractivity contribution is -0.142. The molecule has 0 saturated carbocycles. The van der Waals surface area contributed by atoms with Crippen LogP contribution >= 0.6 is 0 Å². The Morgan fingerprint density at radius 3 is 2.28 bits per heavy atom. The highest BCUT2D eigenvalue weighted by molar-refractivity contribution is 5.90. The number of carbonyl (C=O) groups excluding carboxylic acids is 2. The van der Waals surface area contributed by atoms with Gasteiger partial charge in [-0.1, -0.05) is 29.8 Å². The SMILES string of the molecule is CC(=O)N[C@@H](Cc1ccccc1F)C(=O)N[C@H](CC=C(C)C)C(=O)O. The number of amides is 2. The fraction of sp³-hybridized carbons (Fsp3) is 0.389. The summed E-state index contributed by atoms with van der Waals surface area (Å²) in [5.41, 5.74) is 1.18. The lowest BCUT2D eigenvalue weighted by Gasteiger charge is -2.21. The number of carboxylic acids is 1. The summed E-state index contributed by atoms with van der Waals surface area (Å²) in [6.07, 6.45) is 1.74. The van der Waals surface area contributed by atoms with E-state index >= 15 is 0 Å². The maximum Gasteiger partial charge on any atom is 0.326 e. The number of hydrogen-bond donors (Lipinski definition) is 3. The van der Waals surface area contributed by atoms with Crippen LogP contribution in [0.25, 0.3) is 0 Å². The summed E-state index contributed by atoms with van der Waals surface area (Å²) in [5, 5.41) is 14.1. The van der Waals surface area contributed by atoms with Crippen LogP contribution in [0.2, 0.25) is 0 Å². The van der Waals surface area contributed by atoms with Gasteiger partial charge in [-0.15, -0.1) is 0 Å². The molecule has 1 aromatic rings. The van der Waals surface area contributed by atoms with Crippen LogP contribution in [-0.2, 0) is 20.8 Å². The van der Waals surface area contributed by atoms with Crippen molar-refractivity contribution in [1.29, 1.82) is 0 Å². The van der Waals surface area contributed by atoms with Crippen LogP contribution in [0.1, 0.15) is 32.8 Å². The highest BCUT2D eigenvalue weighted by Gasteiger charge is 2.26. The van der Waals surface area contributed by atoms with Gasteiger partial charge in [0, 0.05) is 13.3 Å². The Hall–Kier alpha value is -2.70. The molecular weight excluding hydrogens is 327 g/mol. The van der Waals surface area contributed by atoms with Gasteiger partial charge in [-0.25, -0.2) is 9.18 Å². The number of carbonyl (C=O) groups is 3. The minimum Gasteiger partial charge on any atom is -0.480 e. The number of nitrogens with one attached hydrogen (secondary N) is 2. The smallest absolute Gasteiger partial charge is 0.326 e. The summed E-state index contributed by atoms with van der Waals surface area (Å²) in [4.78, 5) is 35.1. The van der Waals surface area contributed by atoms with E-state index in [1.165, 1.54) is 25.1 Å². The van der Waals surface area contributed by atoms with Crippen molar-refractivity contribution in [2.24, 2.45) is 0 Å². The summed E-state index contributed by atoms with van der Waals surface area (Å²) in [7, 11) is 0. The Balaban J connectivity index is 2.91. The zero-order chi connectivity index (χ0) is 19.0. The third-order valence-corrected chi connectivity index (χ3v) is 3.45. The number of carboxylic acid groups (broad SMARTS) is 1. The summed E-state index contributed by atoms with van der Waals surface area (Å²) >= 11 is 0. The molecule has 2 amide bonds. The lowest BCUT2D eigenvalue weighted by atomic mass is 10.0. The predicted octanol–water partition coefficient (Wildman–Crippen LogP) is 1.80. The number of halogens is 1. The first kappa shape index (κ1) is 20.3. The normalized spacial score (nSPS) is 12.6. The molecule has 0 aromatic heterocycles. The summed E-state index contributed by atoms with van der Waals surface area (Å²) < 4.78 is 13.8. The standard InChI is InChI=1S/C18H23FN2O4/c1-11(2)8-9-15(18(24)25)21-17(23)16(20-12(3)22)10-13-6-4-5-7-14(13)19/h4-8,15-16H,9-10H2,1-3H3,(H,20,22)(H,21,23)(H,24,25)/t15-,16+/m1/s1. The summed E-state index contributed by atoms with van der Waals surface area (Å²) in [6, 6.07) is 3.71. The molecule has 0 saturated heterocycles. The second-order valence-electron chi connectivity index (χ2n) is 5.97. The van der Waals surface area contributed by atoms with E-state index in [0.29, 0.717) is 0 Å². The fourth-order valence-electron chi connectivity index (χ4n) is 2.19. The molecule has 7 heteroatoms. The molecule has 3 N–H and O–H groups in total. The molecule has 0 heterocycles. The molecular formula is C18H23FN2O4. The van der Waals surface area contributed by atoms with Crippen LogP contribution in [0.3, 0.4) is 0 Å². The van der Waals surface area contributed by atoms with Crippen molar-refractivity contribution in [3.05, 3.63) is 47.3 Å². The number of benzene rings is 1. The van der Waals surface area contributed by atoms with Crippen molar-refractivity contribution in [1.82, 2.24) is 10.6 Å². The predicted molar refractivity (Wildman–Crippen MR) is 91.3 cm³/mol. The van der Waals surface area contributed by atoms with E-state index in [1.54, 1.807) is 12.1 Å². The van der Waals surface area contributed by atoms with E-state index in [0.717, 1.165) is 5.57 Å². The van der Waals surface area contributed by atoms with Crippen molar-refractivity contribution in [3.8, 4) is 0 Å². The molecule has 0 bridgehead atoms. The van der Waals surface area contributed by atoms with Crippen LogP contribution in [0, 0.1) is 5.82 Å². The van der Waals surface area contributed by atoms with Gasteiger partial charge in [0.15, 0.2) is 0 Å². The average molecular weight is 350 g/mol. The van der Waals surface area contributed by atoms with Crippen LogP contribution < -0.4 is 10.6 Å². The van der Waals surface area contributed by atoms with E-state index < -0.39 is 35.7 Å². The Kier molecular flexibility index (Phi) is 7.78. The maximum atomic E-state index is 13.8. The van der Waals surface area contributed by atoms with Gasteiger partial charge < -0.3 is 15.7 Å². The van der Waals surface area contributed by atoms with E-state index in [9.17, 15) is 23.9 Å². The second kappa shape index (κ2) is 9.56. The summed E-state index contributed by atoms with van der Waals surface area (Å²) in [6.45, 7) is 4.87. The topological polar surface area (TPSA) is 95.5 Å². The Morgan fingerprint density at radius 1 is 1.12 bits per heavy atom. The highest BCUT2D eigenvalue weighted by atomic mass is 19.1. The molecule has 0 fully saturated rings. The summed E-state index contributed by atoms with van der Waals surface area (Å²) in [5.74, 6) is -2.82. The molecule has 136 valence electrons. The molecule has 0 radical (unpaired) electrons. The number of hydrogen-bond acceptors (Lipinski definition) is 3. The minimum absolute atomic E-state index is 0.0763. The second-order valence-corrected chi connectivity index (χ2v) is 5.97. The number of allylic oxidation sites excluding steroid dienone is 1. The van der Waals surface area contributed by atoms with Gasteiger partial charge in [-0.05, 0) is 31.9 Å². The third kappa shape index (κ3) is 7.15. The van der Waals surface area contributed by atoms with Crippen LogP contribution in [0.4, 0.5) is 4.39 Å². The number of aliphatic carboxylic acids is 1. The molecule has 0 spiro atoms. The molecule has 1 aromatic carbocycles. The van der Waals surface area contributed by atoms with Gasteiger partial charge in [-0.3, -0.25) is 9.59 Å². The van der Waals surface area contributed by atoms with Crippen molar-refractivity contribution >= 4 is 17.8 Å². The van der Waals surface area contributed by atoms with Crippen molar-refractivity contribution in [3.63, 3.8) is 0 Å². The maximum absolute atomic E-state index is 13.8. The van der Waals surface area contributed by atoms with Gasteiger partial charge >= 0.3 is 5.97 Å². The van der Waals surface area contributed by atoms with E-state index in [-0.39, 0.29) is 18.4 Å².